The number of aliphatic hydroxyl groups is 1. The van der Waals surface area contributed by atoms with Crippen LogP contribution in [-0.2, 0) is 19.7 Å². The van der Waals surface area contributed by atoms with Gasteiger partial charge >= 0.3 is 0 Å². The van der Waals surface area contributed by atoms with Crippen LogP contribution in [0.25, 0.3) is 0 Å². The first-order valence-corrected chi connectivity index (χ1v) is 6.93. The Bertz CT molecular complexity index is 321. The SMILES string of the molecule is COCCNS(=O)(=O)N1CC(CO)OCC1C. The third-order valence-electron chi connectivity index (χ3n) is 2.55. The van der Waals surface area contributed by atoms with Gasteiger partial charge in [0.05, 0.1) is 25.9 Å². The highest BCUT2D eigenvalue weighted by molar-refractivity contribution is 7.87. The third kappa shape index (κ3) is 4.16. The summed E-state index contributed by atoms with van der Waals surface area (Å²) in [5, 5.41) is 8.99. The lowest BCUT2D eigenvalue weighted by molar-refractivity contribution is -0.0519. The van der Waals surface area contributed by atoms with Gasteiger partial charge < -0.3 is 14.6 Å². The van der Waals surface area contributed by atoms with E-state index in [1.165, 1.54) is 11.4 Å². The minimum atomic E-state index is -3.54. The van der Waals surface area contributed by atoms with Crippen LogP contribution in [0.3, 0.4) is 0 Å². The molecule has 1 heterocycles. The highest BCUT2D eigenvalue weighted by atomic mass is 32.2. The zero-order valence-corrected chi connectivity index (χ0v) is 10.9. The molecule has 102 valence electrons. The minimum absolute atomic E-state index is 0.167. The molecule has 0 aromatic rings. The van der Waals surface area contributed by atoms with Crippen molar-refractivity contribution in [2.75, 3.05) is 40.0 Å². The van der Waals surface area contributed by atoms with Gasteiger partial charge in [0.1, 0.15) is 0 Å². The Balaban J connectivity index is 2.61. The van der Waals surface area contributed by atoms with E-state index in [0.29, 0.717) is 6.61 Å². The molecule has 0 aromatic carbocycles. The predicted octanol–water partition coefficient (Wildman–Crippen LogP) is -1.45. The lowest BCUT2D eigenvalue weighted by atomic mass is 10.2. The summed E-state index contributed by atoms with van der Waals surface area (Å²) in [6.45, 7) is 2.59. The Morgan fingerprint density at radius 1 is 1.59 bits per heavy atom. The van der Waals surface area contributed by atoms with Gasteiger partial charge in [-0.1, -0.05) is 0 Å². The molecule has 2 N–H and O–H groups in total. The van der Waals surface area contributed by atoms with Crippen LogP contribution in [0, 0.1) is 0 Å². The molecule has 0 aromatic heterocycles. The highest BCUT2D eigenvalue weighted by Crippen LogP contribution is 2.14. The van der Waals surface area contributed by atoms with Crippen molar-refractivity contribution in [3.05, 3.63) is 0 Å². The molecule has 1 rings (SSSR count). The van der Waals surface area contributed by atoms with Crippen molar-refractivity contribution in [2.45, 2.75) is 19.1 Å². The van der Waals surface area contributed by atoms with Gasteiger partial charge in [-0.05, 0) is 6.92 Å². The van der Waals surface area contributed by atoms with E-state index >= 15 is 0 Å². The molecule has 0 radical (unpaired) electrons. The molecular weight excluding hydrogens is 248 g/mol. The average molecular weight is 268 g/mol. The fourth-order valence-electron chi connectivity index (χ4n) is 1.59. The van der Waals surface area contributed by atoms with Gasteiger partial charge in [-0.2, -0.15) is 17.4 Å². The predicted molar refractivity (Wildman–Crippen MR) is 61.8 cm³/mol. The molecule has 1 saturated heterocycles. The Morgan fingerprint density at radius 3 is 2.88 bits per heavy atom. The molecule has 0 saturated carbocycles. The van der Waals surface area contributed by atoms with E-state index in [0.717, 1.165) is 0 Å². The van der Waals surface area contributed by atoms with E-state index in [1.54, 1.807) is 6.92 Å². The van der Waals surface area contributed by atoms with Gasteiger partial charge in [0.2, 0.25) is 0 Å². The van der Waals surface area contributed by atoms with Gasteiger partial charge in [-0.15, -0.1) is 0 Å². The van der Waals surface area contributed by atoms with Crippen LogP contribution >= 0.6 is 0 Å². The molecule has 2 atom stereocenters. The molecule has 17 heavy (non-hydrogen) atoms. The fourth-order valence-corrected chi connectivity index (χ4v) is 3.00. The summed E-state index contributed by atoms with van der Waals surface area (Å²) in [5.74, 6) is 0. The molecule has 1 fully saturated rings. The van der Waals surface area contributed by atoms with Crippen LogP contribution in [0.2, 0.25) is 0 Å². The number of rotatable bonds is 6. The van der Waals surface area contributed by atoms with Crippen molar-refractivity contribution in [2.24, 2.45) is 0 Å². The zero-order valence-electron chi connectivity index (χ0n) is 10.1. The zero-order chi connectivity index (χ0) is 12.9. The van der Waals surface area contributed by atoms with Crippen molar-refractivity contribution in [3.8, 4) is 0 Å². The molecule has 0 spiro atoms. The van der Waals surface area contributed by atoms with Crippen LogP contribution in [0.4, 0.5) is 0 Å². The number of hydrogen-bond donors (Lipinski definition) is 2. The molecule has 7 nitrogen and oxygen atoms in total. The topological polar surface area (TPSA) is 88.1 Å². The van der Waals surface area contributed by atoms with E-state index in [9.17, 15) is 8.42 Å². The quantitative estimate of drug-likeness (QED) is 0.575. The largest absolute Gasteiger partial charge is 0.394 e. The normalized spacial score (nSPS) is 27.2. The fraction of sp³-hybridized carbons (Fsp3) is 1.00. The summed E-state index contributed by atoms with van der Waals surface area (Å²) in [4.78, 5) is 0. The van der Waals surface area contributed by atoms with Crippen LogP contribution in [-0.4, -0.2) is 70.0 Å². The first-order valence-electron chi connectivity index (χ1n) is 5.49. The Morgan fingerprint density at radius 2 is 2.29 bits per heavy atom. The van der Waals surface area contributed by atoms with Gasteiger partial charge in [0, 0.05) is 26.2 Å². The van der Waals surface area contributed by atoms with Gasteiger partial charge in [-0.3, -0.25) is 0 Å². The van der Waals surface area contributed by atoms with Crippen molar-refractivity contribution in [1.82, 2.24) is 9.03 Å². The number of methoxy groups -OCH3 is 1. The Labute approximate surface area is 102 Å². The van der Waals surface area contributed by atoms with Crippen molar-refractivity contribution >= 4 is 10.2 Å². The van der Waals surface area contributed by atoms with Crippen LogP contribution in [0.15, 0.2) is 0 Å². The lowest BCUT2D eigenvalue weighted by Crippen LogP contribution is -2.55. The number of nitrogens with zero attached hydrogens (tertiary/aromatic N) is 1. The lowest BCUT2D eigenvalue weighted by Gasteiger charge is -2.36. The molecule has 0 bridgehead atoms. The Kier molecular flexibility index (Phi) is 5.77. The summed E-state index contributed by atoms with van der Waals surface area (Å²) in [6.07, 6.45) is -0.454. The second-order valence-corrected chi connectivity index (χ2v) is 5.66. The first-order chi connectivity index (χ1) is 8.01. The summed E-state index contributed by atoms with van der Waals surface area (Å²) >= 11 is 0. The summed E-state index contributed by atoms with van der Waals surface area (Å²) in [5.41, 5.74) is 0. The highest BCUT2D eigenvalue weighted by Gasteiger charge is 2.33. The number of ether oxygens (including phenoxy) is 2. The average Bonchev–Trinajstić information content (AvgIpc) is 2.29. The number of hydrogen-bond acceptors (Lipinski definition) is 5. The molecule has 2 unspecified atom stereocenters. The van der Waals surface area contributed by atoms with Gasteiger partial charge in [0.15, 0.2) is 0 Å². The maximum atomic E-state index is 12.0. The smallest absolute Gasteiger partial charge is 0.279 e. The monoisotopic (exact) mass is 268 g/mol. The van der Waals surface area contributed by atoms with Crippen LogP contribution in [0.5, 0.6) is 0 Å². The number of aliphatic hydroxyl groups excluding tert-OH is 1. The van der Waals surface area contributed by atoms with E-state index < -0.39 is 16.3 Å². The van der Waals surface area contributed by atoms with Crippen molar-refractivity contribution < 1.29 is 23.0 Å². The van der Waals surface area contributed by atoms with Crippen molar-refractivity contribution in [3.63, 3.8) is 0 Å². The standard InChI is InChI=1S/C9H20N2O5S/c1-8-7-16-9(6-12)5-11(8)17(13,14)10-3-4-15-2/h8-10,12H,3-7H2,1-2H3. The van der Waals surface area contributed by atoms with Crippen molar-refractivity contribution in [1.29, 1.82) is 0 Å². The minimum Gasteiger partial charge on any atom is -0.394 e. The van der Waals surface area contributed by atoms with E-state index in [4.69, 9.17) is 14.6 Å². The molecule has 1 aliphatic rings. The van der Waals surface area contributed by atoms with E-state index in [1.807, 2.05) is 0 Å². The second kappa shape index (κ2) is 6.62. The molecule has 0 aliphatic carbocycles. The maximum absolute atomic E-state index is 12.0. The van der Waals surface area contributed by atoms with Gasteiger partial charge in [0.25, 0.3) is 10.2 Å². The number of nitrogens with one attached hydrogen (secondary N) is 1. The van der Waals surface area contributed by atoms with Crippen LogP contribution in [0.1, 0.15) is 6.92 Å². The molecular formula is C9H20N2O5S. The summed E-state index contributed by atoms with van der Waals surface area (Å²) in [6, 6.07) is -0.238. The summed E-state index contributed by atoms with van der Waals surface area (Å²) in [7, 11) is -2.03. The van der Waals surface area contributed by atoms with Crippen LogP contribution < -0.4 is 4.72 Å². The third-order valence-corrected chi connectivity index (χ3v) is 4.25. The van der Waals surface area contributed by atoms with Gasteiger partial charge in [-0.25, -0.2) is 0 Å². The number of morpholine rings is 1. The molecule has 1 aliphatic heterocycles. The molecule has 8 heteroatoms. The maximum Gasteiger partial charge on any atom is 0.279 e. The van der Waals surface area contributed by atoms with E-state index in [2.05, 4.69) is 4.72 Å². The van der Waals surface area contributed by atoms with E-state index in [-0.39, 0.29) is 32.3 Å². The first kappa shape index (κ1) is 14.8. The Hall–Kier alpha value is -0.250. The second-order valence-electron chi connectivity index (χ2n) is 3.95. The summed E-state index contributed by atoms with van der Waals surface area (Å²) < 4.78 is 37.7. The molecule has 0 amide bonds.